The maximum Gasteiger partial charge on any atom is 0.407 e. The van der Waals surface area contributed by atoms with Gasteiger partial charge in [-0.05, 0) is 23.6 Å². The molecule has 0 bridgehead atoms. The van der Waals surface area contributed by atoms with Gasteiger partial charge in [0.15, 0.2) is 0 Å². The normalized spacial score (nSPS) is 13.1. The molecule has 0 saturated carbocycles. The fraction of sp³-hybridized carbons (Fsp3) is 0.286. The maximum absolute atomic E-state index is 12.2. The number of carbonyl (C=O) groups is 1. The molecule has 0 spiro atoms. The number of hydrogen-bond acceptors (Lipinski definition) is 6. The number of carbonyl (C=O) groups excluding carboxylic acids is 1. The minimum absolute atomic E-state index is 0.0852. The molecule has 28 heavy (non-hydrogen) atoms. The Balaban J connectivity index is 1.64. The van der Waals surface area contributed by atoms with Crippen LogP contribution in [0.2, 0.25) is 0 Å². The van der Waals surface area contributed by atoms with Gasteiger partial charge in [-0.2, -0.15) is 4.98 Å². The molecule has 2 aromatic carbocycles. The molecule has 7 nitrogen and oxygen atoms in total. The summed E-state index contributed by atoms with van der Waals surface area (Å²) in [4.78, 5) is 16.4. The SMILES string of the molecule is CC(C)[C@H](NC(=O)OCc1ccccc1)C(O)c1noc(-c2ccccc2)n1. The predicted molar refractivity (Wildman–Crippen MR) is 103 cm³/mol. The van der Waals surface area contributed by atoms with E-state index in [0.717, 1.165) is 11.1 Å². The summed E-state index contributed by atoms with van der Waals surface area (Å²) in [6, 6.07) is 18.0. The molecule has 1 unspecified atom stereocenters. The summed E-state index contributed by atoms with van der Waals surface area (Å²) in [5.74, 6) is 0.336. The van der Waals surface area contributed by atoms with E-state index in [0.29, 0.717) is 5.89 Å². The number of nitrogens with one attached hydrogen (secondary N) is 1. The van der Waals surface area contributed by atoms with E-state index in [1.54, 1.807) is 0 Å². The molecule has 0 saturated heterocycles. The zero-order valence-corrected chi connectivity index (χ0v) is 15.8. The Morgan fingerprint density at radius 3 is 2.39 bits per heavy atom. The van der Waals surface area contributed by atoms with Crippen molar-refractivity contribution in [3.05, 3.63) is 72.1 Å². The topological polar surface area (TPSA) is 97.5 Å². The standard InChI is InChI=1S/C21H23N3O4/c1-14(2)17(22-21(26)27-13-15-9-5-3-6-10-15)18(25)19-23-20(28-24-19)16-11-7-4-8-12-16/h3-12,14,17-18,25H,13H2,1-2H3,(H,22,26)/t17-,18?/m0/s1. The first-order valence-corrected chi connectivity index (χ1v) is 9.09. The zero-order valence-electron chi connectivity index (χ0n) is 15.8. The maximum atomic E-state index is 12.2. The molecular formula is C21H23N3O4. The summed E-state index contributed by atoms with van der Waals surface area (Å²) in [7, 11) is 0. The van der Waals surface area contributed by atoms with E-state index in [1.807, 2.05) is 74.5 Å². The van der Waals surface area contributed by atoms with Gasteiger partial charge in [-0.1, -0.05) is 67.5 Å². The van der Waals surface area contributed by atoms with Crippen molar-refractivity contribution in [1.82, 2.24) is 15.5 Å². The van der Waals surface area contributed by atoms with Crippen LogP contribution in [0.4, 0.5) is 4.79 Å². The van der Waals surface area contributed by atoms with Crippen molar-refractivity contribution in [2.24, 2.45) is 5.92 Å². The van der Waals surface area contributed by atoms with Crippen molar-refractivity contribution in [2.75, 3.05) is 0 Å². The summed E-state index contributed by atoms with van der Waals surface area (Å²) >= 11 is 0. The second-order valence-corrected chi connectivity index (χ2v) is 6.74. The highest BCUT2D eigenvalue weighted by molar-refractivity contribution is 5.67. The first-order valence-electron chi connectivity index (χ1n) is 9.09. The van der Waals surface area contributed by atoms with Gasteiger partial charge in [0.2, 0.25) is 5.82 Å². The van der Waals surface area contributed by atoms with Gasteiger partial charge in [-0.3, -0.25) is 0 Å². The van der Waals surface area contributed by atoms with E-state index >= 15 is 0 Å². The largest absolute Gasteiger partial charge is 0.445 e. The molecule has 1 amide bonds. The highest BCUT2D eigenvalue weighted by Crippen LogP contribution is 2.23. The molecule has 0 aliphatic rings. The minimum Gasteiger partial charge on any atom is -0.445 e. The summed E-state index contributed by atoms with van der Waals surface area (Å²) in [5, 5.41) is 17.3. The molecule has 2 atom stereocenters. The Hall–Kier alpha value is -3.19. The van der Waals surface area contributed by atoms with Gasteiger partial charge >= 0.3 is 6.09 Å². The van der Waals surface area contributed by atoms with Crippen LogP contribution < -0.4 is 5.32 Å². The average molecular weight is 381 g/mol. The van der Waals surface area contributed by atoms with Gasteiger partial charge in [0.1, 0.15) is 12.7 Å². The molecule has 1 heterocycles. The monoisotopic (exact) mass is 381 g/mol. The lowest BCUT2D eigenvalue weighted by Gasteiger charge is -2.25. The molecule has 0 fully saturated rings. The second-order valence-electron chi connectivity index (χ2n) is 6.74. The Labute approximate surface area is 163 Å². The number of benzene rings is 2. The van der Waals surface area contributed by atoms with Crippen LogP contribution in [0.1, 0.15) is 31.3 Å². The molecule has 0 radical (unpaired) electrons. The minimum atomic E-state index is -1.13. The number of aliphatic hydroxyl groups excluding tert-OH is 1. The number of aliphatic hydroxyl groups is 1. The van der Waals surface area contributed by atoms with E-state index in [1.165, 1.54) is 0 Å². The number of aromatic nitrogens is 2. The first-order chi connectivity index (χ1) is 13.5. The Kier molecular flexibility index (Phi) is 6.39. The van der Waals surface area contributed by atoms with E-state index in [2.05, 4.69) is 15.5 Å². The molecule has 0 aliphatic heterocycles. The Bertz CT molecular complexity index is 881. The van der Waals surface area contributed by atoms with Crippen LogP contribution in [-0.2, 0) is 11.3 Å². The van der Waals surface area contributed by atoms with E-state index in [4.69, 9.17) is 9.26 Å². The van der Waals surface area contributed by atoms with Gasteiger partial charge in [-0.25, -0.2) is 4.79 Å². The molecule has 3 rings (SSSR count). The molecule has 7 heteroatoms. The number of alkyl carbamates (subject to hydrolysis) is 1. The number of rotatable bonds is 7. The fourth-order valence-electron chi connectivity index (χ4n) is 2.72. The van der Waals surface area contributed by atoms with Crippen molar-refractivity contribution >= 4 is 6.09 Å². The van der Waals surface area contributed by atoms with Crippen LogP contribution >= 0.6 is 0 Å². The molecule has 2 N–H and O–H groups in total. The second kappa shape index (κ2) is 9.14. The lowest BCUT2D eigenvalue weighted by molar-refractivity contribution is 0.0796. The Morgan fingerprint density at radius 2 is 1.75 bits per heavy atom. The van der Waals surface area contributed by atoms with Crippen molar-refractivity contribution in [2.45, 2.75) is 32.6 Å². The van der Waals surface area contributed by atoms with Crippen molar-refractivity contribution in [1.29, 1.82) is 0 Å². The number of nitrogens with zero attached hydrogens (tertiary/aromatic N) is 2. The van der Waals surface area contributed by atoms with Crippen molar-refractivity contribution < 1.29 is 19.2 Å². The highest BCUT2D eigenvalue weighted by atomic mass is 16.5. The lowest BCUT2D eigenvalue weighted by Crippen LogP contribution is -2.43. The summed E-state index contributed by atoms with van der Waals surface area (Å²) in [6.07, 6.45) is -1.75. The van der Waals surface area contributed by atoms with E-state index < -0.39 is 18.2 Å². The van der Waals surface area contributed by atoms with Crippen LogP contribution in [0.25, 0.3) is 11.5 Å². The lowest BCUT2D eigenvalue weighted by atomic mass is 9.98. The van der Waals surface area contributed by atoms with Crippen LogP contribution in [0.5, 0.6) is 0 Å². The quantitative estimate of drug-likeness (QED) is 0.647. The number of hydrogen-bond donors (Lipinski definition) is 2. The van der Waals surface area contributed by atoms with E-state index in [-0.39, 0.29) is 18.3 Å². The van der Waals surface area contributed by atoms with Crippen LogP contribution in [-0.4, -0.2) is 27.4 Å². The van der Waals surface area contributed by atoms with Crippen LogP contribution in [0.3, 0.4) is 0 Å². The first kappa shape index (κ1) is 19.6. The average Bonchev–Trinajstić information content (AvgIpc) is 3.21. The van der Waals surface area contributed by atoms with Crippen LogP contribution in [0.15, 0.2) is 65.2 Å². The van der Waals surface area contributed by atoms with Crippen molar-refractivity contribution in [3.63, 3.8) is 0 Å². The third-order valence-corrected chi connectivity index (χ3v) is 4.28. The zero-order chi connectivity index (χ0) is 19.9. The highest BCUT2D eigenvalue weighted by Gasteiger charge is 2.30. The van der Waals surface area contributed by atoms with Gasteiger partial charge in [0.05, 0.1) is 6.04 Å². The molecular weight excluding hydrogens is 358 g/mol. The predicted octanol–water partition coefficient (Wildman–Crippen LogP) is 3.72. The third-order valence-electron chi connectivity index (χ3n) is 4.28. The Morgan fingerprint density at radius 1 is 1.11 bits per heavy atom. The van der Waals surface area contributed by atoms with Gasteiger partial charge < -0.3 is 19.7 Å². The van der Waals surface area contributed by atoms with Crippen LogP contribution in [0, 0.1) is 5.92 Å². The molecule has 146 valence electrons. The summed E-state index contributed by atoms with van der Waals surface area (Å²) in [6.45, 7) is 3.90. The molecule has 1 aromatic heterocycles. The number of amides is 1. The fourth-order valence-corrected chi connectivity index (χ4v) is 2.72. The number of ether oxygens (including phenoxy) is 1. The smallest absolute Gasteiger partial charge is 0.407 e. The molecule has 3 aromatic rings. The third kappa shape index (κ3) is 4.95. The van der Waals surface area contributed by atoms with Crippen molar-refractivity contribution in [3.8, 4) is 11.5 Å². The van der Waals surface area contributed by atoms with E-state index in [9.17, 15) is 9.90 Å². The van der Waals surface area contributed by atoms with Gasteiger partial charge in [0.25, 0.3) is 5.89 Å². The van der Waals surface area contributed by atoms with Gasteiger partial charge in [-0.15, -0.1) is 0 Å². The summed E-state index contributed by atoms with van der Waals surface area (Å²) in [5.41, 5.74) is 1.63. The van der Waals surface area contributed by atoms with Gasteiger partial charge in [0, 0.05) is 5.56 Å². The molecule has 0 aliphatic carbocycles. The summed E-state index contributed by atoms with van der Waals surface area (Å²) < 4.78 is 10.5.